The topological polar surface area (TPSA) is 49.4 Å². The van der Waals surface area contributed by atoms with E-state index in [1.165, 1.54) is 16.4 Å². The monoisotopic (exact) mass is 264 g/mol. The van der Waals surface area contributed by atoms with Gasteiger partial charge < -0.3 is 0 Å². The molecule has 1 aromatic rings. The predicted octanol–water partition coefficient (Wildman–Crippen LogP) is 1.52. The van der Waals surface area contributed by atoms with Gasteiger partial charge in [-0.05, 0) is 24.6 Å². The van der Waals surface area contributed by atoms with Crippen LogP contribution in [-0.2, 0) is 10.2 Å². The van der Waals surface area contributed by atoms with Crippen molar-refractivity contribution in [2.45, 2.75) is 6.42 Å². The van der Waals surface area contributed by atoms with Gasteiger partial charge >= 0.3 is 10.2 Å². The quantitative estimate of drug-likeness (QED) is 0.836. The van der Waals surface area contributed by atoms with Gasteiger partial charge in [-0.1, -0.05) is 11.6 Å². The van der Waals surface area contributed by atoms with Gasteiger partial charge in [0.05, 0.1) is 10.7 Å². The Morgan fingerprint density at radius 2 is 2.19 bits per heavy atom. The second-order valence-corrected chi connectivity index (χ2v) is 5.51. The highest BCUT2D eigenvalue weighted by Gasteiger charge is 2.25. The lowest BCUT2D eigenvalue weighted by Crippen LogP contribution is -2.47. The number of nitrogens with zero attached hydrogens (tertiary/aromatic N) is 1. The average molecular weight is 265 g/mol. The van der Waals surface area contributed by atoms with Crippen molar-refractivity contribution in [3.63, 3.8) is 0 Å². The van der Waals surface area contributed by atoms with Gasteiger partial charge in [-0.25, -0.2) is 4.39 Å². The summed E-state index contributed by atoms with van der Waals surface area (Å²) in [6.45, 7) is 0.797. The van der Waals surface area contributed by atoms with Crippen LogP contribution in [0.25, 0.3) is 0 Å². The molecule has 0 saturated carbocycles. The summed E-state index contributed by atoms with van der Waals surface area (Å²) in [5.41, 5.74) is 0.374. The SMILES string of the molecule is O=S1(=O)NCCCN1c1ccc(F)c(Cl)c1. The van der Waals surface area contributed by atoms with Gasteiger partial charge in [0, 0.05) is 13.1 Å². The van der Waals surface area contributed by atoms with Crippen molar-refractivity contribution in [2.75, 3.05) is 17.4 Å². The van der Waals surface area contributed by atoms with Crippen molar-refractivity contribution < 1.29 is 12.8 Å². The van der Waals surface area contributed by atoms with Crippen molar-refractivity contribution >= 4 is 27.5 Å². The zero-order chi connectivity index (χ0) is 11.8. The molecule has 2 rings (SSSR count). The number of hydrogen-bond donors (Lipinski definition) is 1. The van der Waals surface area contributed by atoms with Gasteiger partial charge in [0.15, 0.2) is 0 Å². The molecular weight excluding hydrogens is 255 g/mol. The Bertz CT molecular complexity index is 506. The first-order valence-corrected chi connectivity index (χ1v) is 6.55. The fourth-order valence-corrected chi connectivity index (χ4v) is 3.02. The molecule has 0 radical (unpaired) electrons. The first-order valence-electron chi connectivity index (χ1n) is 4.73. The van der Waals surface area contributed by atoms with Gasteiger partial charge in [-0.15, -0.1) is 0 Å². The van der Waals surface area contributed by atoms with E-state index < -0.39 is 16.0 Å². The molecule has 16 heavy (non-hydrogen) atoms. The van der Waals surface area contributed by atoms with Crippen LogP contribution in [0.15, 0.2) is 18.2 Å². The van der Waals surface area contributed by atoms with Crippen LogP contribution >= 0.6 is 11.6 Å². The minimum atomic E-state index is -3.50. The molecule has 0 aliphatic carbocycles. The van der Waals surface area contributed by atoms with E-state index in [4.69, 9.17) is 11.6 Å². The highest BCUT2D eigenvalue weighted by molar-refractivity contribution is 7.90. The molecule has 1 aromatic carbocycles. The van der Waals surface area contributed by atoms with Crippen LogP contribution in [-0.4, -0.2) is 21.5 Å². The standard InChI is InChI=1S/C9H10ClFN2O2S/c10-8-6-7(2-3-9(8)11)13-5-1-4-12-16(13,14)15/h2-3,6,12H,1,4-5H2. The molecule has 0 bridgehead atoms. The van der Waals surface area contributed by atoms with Crippen molar-refractivity contribution in [3.8, 4) is 0 Å². The van der Waals surface area contributed by atoms with E-state index in [0.29, 0.717) is 25.2 Å². The average Bonchev–Trinajstić information content (AvgIpc) is 2.22. The summed E-state index contributed by atoms with van der Waals surface area (Å²) < 4.78 is 39.8. The summed E-state index contributed by atoms with van der Waals surface area (Å²) in [6, 6.07) is 3.86. The molecule has 1 aliphatic rings. The van der Waals surface area contributed by atoms with E-state index in [0.717, 1.165) is 6.07 Å². The summed E-state index contributed by atoms with van der Waals surface area (Å²) in [4.78, 5) is 0. The van der Waals surface area contributed by atoms with Gasteiger partial charge in [0.25, 0.3) is 0 Å². The Hall–Kier alpha value is -0.850. The molecule has 0 aromatic heterocycles. The van der Waals surface area contributed by atoms with Gasteiger partial charge in [0.1, 0.15) is 5.82 Å². The number of halogens is 2. The van der Waals surface area contributed by atoms with Crippen molar-refractivity contribution in [3.05, 3.63) is 29.0 Å². The Labute approximate surface area is 98.2 Å². The Morgan fingerprint density at radius 3 is 2.81 bits per heavy atom. The Morgan fingerprint density at radius 1 is 1.44 bits per heavy atom. The number of nitrogens with one attached hydrogen (secondary N) is 1. The number of anilines is 1. The Kier molecular flexibility index (Phi) is 3.05. The second kappa shape index (κ2) is 4.20. The Balaban J connectivity index is 2.39. The molecule has 0 spiro atoms. The van der Waals surface area contributed by atoms with E-state index in [9.17, 15) is 12.8 Å². The van der Waals surface area contributed by atoms with E-state index >= 15 is 0 Å². The molecule has 0 atom stereocenters. The molecular formula is C9H10ClFN2O2S. The summed E-state index contributed by atoms with van der Waals surface area (Å²) in [5, 5.41) is -0.0849. The van der Waals surface area contributed by atoms with E-state index in [1.807, 2.05) is 0 Å². The molecule has 4 nitrogen and oxygen atoms in total. The molecule has 1 fully saturated rings. The maximum atomic E-state index is 12.9. The van der Waals surface area contributed by atoms with Crippen LogP contribution in [0.2, 0.25) is 5.02 Å². The molecule has 1 N–H and O–H groups in total. The lowest BCUT2D eigenvalue weighted by molar-refractivity contribution is 0.560. The predicted molar refractivity (Wildman–Crippen MR) is 60.3 cm³/mol. The minimum Gasteiger partial charge on any atom is -0.258 e. The highest BCUT2D eigenvalue weighted by atomic mass is 35.5. The van der Waals surface area contributed by atoms with Crippen molar-refractivity contribution in [1.82, 2.24) is 4.72 Å². The zero-order valence-electron chi connectivity index (χ0n) is 8.28. The fourth-order valence-electron chi connectivity index (χ4n) is 1.53. The highest BCUT2D eigenvalue weighted by Crippen LogP contribution is 2.25. The molecule has 0 amide bonds. The lowest BCUT2D eigenvalue weighted by Gasteiger charge is -2.28. The van der Waals surface area contributed by atoms with Crippen molar-refractivity contribution in [1.29, 1.82) is 0 Å². The van der Waals surface area contributed by atoms with Gasteiger partial charge in [-0.3, -0.25) is 4.31 Å². The van der Waals surface area contributed by atoms with Crippen LogP contribution in [0.1, 0.15) is 6.42 Å². The summed E-state index contributed by atoms with van der Waals surface area (Å²) >= 11 is 5.61. The van der Waals surface area contributed by atoms with E-state index in [2.05, 4.69) is 4.72 Å². The largest absolute Gasteiger partial charge is 0.301 e. The van der Waals surface area contributed by atoms with Crippen LogP contribution < -0.4 is 9.03 Å². The molecule has 1 aliphatic heterocycles. The van der Waals surface area contributed by atoms with Gasteiger partial charge in [-0.2, -0.15) is 13.1 Å². The van der Waals surface area contributed by atoms with Crippen molar-refractivity contribution in [2.24, 2.45) is 0 Å². The first kappa shape index (κ1) is 11.6. The minimum absolute atomic E-state index is 0.0849. The van der Waals surface area contributed by atoms with E-state index in [-0.39, 0.29) is 5.02 Å². The maximum Gasteiger partial charge on any atom is 0.301 e. The summed E-state index contributed by atoms with van der Waals surface area (Å²) in [7, 11) is -3.50. The van der Waals surface area contributed by atoms with Crippen LogP contribution in [0.5, 0.6) is 0 Å². The second-order valence-electron chi connectivity index (χ2n) is 3.42. The smallest absolute Gasteiger partial charge is 0.258 e. The zero-order valence-corrected chi connectivity index (χ0v) is 9.85. The molecule has 1 heterocycles. The van der Waals surface area contributed by atoms with Crippen LogP contribution in [0.3, 0.4) is 0 Å². The molecule has 0 unspecified atom stereocenters. The van der Waals surface area contributed by atoms with E-state index in [1.54, 1.807) is 0 Å². The molecule has 1 saturated heterocycles. The third kappa shape index (κ3) is 2.14. The third-order valence-electron chi connectivity index (χ3n) is 2.30. The number of benzene rings is 1. The normalized spacial score (nSPS) is 19.8. The molecule has 88 valence electrons. The molecule has 7 heteroatoms. The van der Waals surface area contributed by atoms with Crippen LogP contribution in [0, 0.1) is 5.82 Å². The maximum absolute atomic E-state index is 12.9. The number of hydrogen-bond acceptors (Lipinski definition) is 2. The lowest BCUT2D eigenvalue weighted by atomic mass is 10.3. The third-order valence-corrected chi connectivity index (χ3v) is 4.14. The summed E-state index contributed by atoms with van der Waals surface area (Å²) in [6.07, 6.45) is 0.703. The fraction of sp³-hybridized carbons (Fsp3) is 0.333. The van der Waals surface area contributed by atoms with Gasteiger partial charge in [0.2, 0.25) is 0 Å². The first-order chi connectivity index (χ1) is 7.50. The summed E-state index contributed by atoms with van der Waals surface area (Å²) in [5.74, 6) is -0.562. The van der Waals surface area contributed by atoms with Crippen LogP contribution in [0.4, 0.5) is 10.1 Å². The number of rotatable bonds is 1.